The van der Waals surface area contributed by atoms with Crippen LogP contribution in [-0.2, 0) is 6.54 Å². The minimum Gasteiger partial charge on any atom is -0.508 e. The van der Waals surface area contributed by atoms with E-state index in [9.17, 15) is 5.11 Å². The van der Waals surface area contributed by atoms with Crippen LogP contribution in [0.25, 0.3) is 0 Å². The highest BCUT2D eigenvalue weighted by molar-refractivity contribution is 5.33. The summed E-state index contributed by atoms with van der Waals surface area (Å²) in [5, 5.41) is 13.5. The molecule has 0 aliphatic carbocycles. The van der Waals surface area contributed by atoms with E-state index < -0.39 is 0 Å². The molecule has 4 heteroatoms. The van der Waals surface area contributed by atoms with Crippen LogP contribution in [-0.4, -0.2) is 14.9 Å². The van der Waals surface area contributed by atoms with Crippen molar-refractivity contribution in [3.05, 3.63) is 72.6 Å². The van der Waals surface area contributed by atoms with E-state index in [1.54, 1.807) is 30.5 Å². The number of rotatable bonds is 4. The van der Waals surface area contributed by atoms with Gasteiger partial charge < -0.3 is 9.84 Å². The van der Waals surface area contributed by atoms with Gasteiger partial charge >= 0.3 is 0 Å². The quantitative estimate of drug-likeness (QED) is 0.787. The fourth-order valence-corrected chi connectivity index (χ4v) is 1.90. The van der Waals surface area contributed by atoms with Crippen LogP contribution in [0.15, 0.2) is 67.0 Å². The number of ether oxygens (including phenoxy) is 1. The van der Waals surface area contributed by atoms with Gasteiger partial charge in [0.15, 0.2) is 5.75 Å². The Morgan fingerprint density at radius 2 is 1.70 bits per heavy atom. The monoisotopic (exact) mass is 266 g/mol. The molecule has 3 aromatic rings. The SMILES string of the molecule is Oc1ccc(Oc2cnn(Cc3ccccc3)c2)cc1. The molecule has 0 radical (unpaired) electrons. The van der Waals surface area contributed by atoms with Crippen molar-refractivity contribution < 1.29 is 9.84 Å². The third kappa shape index (κ3) is 2.98. The van der Waals surface area contributed by atoms with E-state index in [4.69, 9.17) is 4.74 Å². The second-order valence-electron chi connectivity index (χ2n) is 4.46. The van der Waals surface area contributed by atoms with Gasteiger partial charge in [0.1, 0.15) is 11.5 Å². The molecule has 0 atom stereocenters. The van der Waals surface area contributed by atoms with Gasteiger partial charge in [-0.25, -0.2) is 0 Å². The normalized spacial score (nSPS) is 10.4. The molecule has 0 saturated heterocycles. The van der Waals surface area contributed by atoms with Crippen molar-refractivity contribution in [3.8, 4) is 17.2 Å². The maximum Gasteiger partial charge on any atom is 0.165 e. The number of hydrogen-bond donors (Lipinski definition) is 1. The molecule has 1 aromatic heterocycles. The fraction of sp³-hybridized carbons (Fsp3) is 0.0625. The molecule has 2 aromatic carbocycles. The Balaban J connectivity index is 1.69. The lowest BCUT2D eigenvalue weighted by Crippen LogP contribution is -1.99. The van der Waals surface area contributed by atoms with Gasteiger partial charge in [0, 0.05) is 0 Å². The number of aromatic nitrogens is 2. The van der Waals surface area contributed by atoms with Crippen LogP contribution in [0.5, 0.6) is 17.2 Å². The van der Waals surface area contributed by atoms with Crippen LogP contribution >= 0.6 is 0 Å². The highest BCUT2D eigenvalue weighted by atomic mass is 16.5. The van der Waals surface area contributed by atoms with Crippen LogP contribution in [0.3, 0.4) is 0 Å². The Kier molecular flexibility index (Phi) is 3.37. The van der Waals surface area contributed by atoms with Crippen LogP contribution in [0, 0.1) is 0 Å². The highest BCUT2D eigenvalue weighted by Gasteiger charge is 2.02. The number of phenols is 1. The largest absolute Gasteiger partial charge is 0.508 e. The zero-order valence-corrected chi connectivity index (χ0v) is 10.8. The predicted octanol–water partition coefficient (Wildman–Crippen LogP) is 3.43. The summed E-state index contributed by atoms with van der Waals surface area (Å²) < 4.78 is 7.48. The third-order valence-corrected chi connectivity index (χ3v) is 2.87. The fourth-order valence-electron chi connectivity index (χ4n) is 1.90. The van der Waals surface area contributed by atoms with Crippen molar-refractivity contribution in [3.63, 3.8) is 0 Å². The van der Waals surface area contributed by atoms with Gasteiger partial charge in [0.2, 0.25) is 0 Å². The number of benzene rings is 2. The smallest absolute Gasteiger partial charge is 0.165 e. The first-order valence-electron chi connectivity index (χ1n) is 6.33. The van der Waals surface area contributed by atoms with Gasteiger partial charge in [-0.1, -0.05) is 30.3 Å². The summed E-state index contributed by atoms with van der Waals surface area (Å²) in [5.41, 5.74) is 1.19. The summed E-state index contributed by atoms with van der Waals surface area (Å²) in [7, 11) is 0. The first-order chi connectivity index (χ1) is 9.79. The lowest BCUT2D eigenvalue weighted by molar-refractivity contribution is 0.464. The van der Waals surface area contributed by atoms with E-state index in [-0.39, 0.29) is 5.75 Å². The van der Waals surface area contributed by atoms with Crippen molar-refractivity contribution in [2.45, 2.75) is 6.54 Å². The number of nitrogens with zero attached hydrogens (tertiary/aromatic N) is 2. The van der Waals surface area contributed by atoms with E-state index >= 15 is 0 Å². The van der Waals surface area contributed by atoms with E-state index in [1.807, 2.05) is 29.1 Å². The van der Waals surface area contributed by atoms with Gasteiger partial charge in [-0.3, -0.25) is 4.68 Å². The molecule has 100 valence electrons. The molecule has 0 saturated carbocycles. The maximum atomic E-state index is 9.22. The number of aromatic hydroxyl groups is 1. The molecule has 20 heavy (non-hydrogen) atoms. The van der Waals surface area contributed by atoms with E-state index in [0.29, 0.717) is 18.0 Å². The second-order valence-corrected chi connectivity index (χ2v) is 4.46. The molecule has 3 rings (SSSR count). The molecule has 0 aliphatic heterocycles. The standard InChI is InChI=1S/C16H14N2O2/c19-14-6-8-15(9-7-14)20-16-10-17-18(12-16)11-13-4-2-1-3-5-13/h1-10,12,19H,11H2. The molecule has 0 fully saturated rings. The molecule has 0 bridgehead atoms. The Bertz CT molecular complexity index is 675. The van der Waals surface area contributed by atoms with Crippen LogP contribution < -0.4 is 4.74 Å². The number of phenolic OH excluding ortho intramolecular Hbond substituents is 1. The van der Waals surface area contributed by atoms with Gasteiger partial charge in [-0.05, 0) is 29.8 Å². The summed E-state index contributed by atoms with van der Waals surface area (Å²) in [6.45, 7) is 0.708. The zero-order valence-electron chi connectivity index (χ0n) is 10.8. The van der Waals surface area contributed by atoms with Crippen molar-refractivity contribution in [2.24, 2.45) is 0 Å². The Morgan fingerprint density at radius 3 is 2.45 bits per heavy atom. The third-order valence-electron chi connectivity index (χ3n) is 2.87. The molecule has 4 nitrogen and oxygen atoms in total. The lowest BCUT2D eigenvalue weighted by Gasteiger charge is -2.02. The minimum atomic E-state index is 0.220. The van der Waals surface area contributed by atoms with Crippen LogP contribution in [0.2, 0.25) is 0 Å². The molecular formula is C16H14N2O2. The van der Waals surface area contributed by atoms with Crippen LogP contribution in [0.1, 0.15) is 5.56 Å². The minimum absolute atomic E-state index is 0.220. The van der Waals surface area contributed by atoms with Crippen LogP contribution in [0.4, 0.5) is 0 Å². The first kappa shape index (κ1) is 12.3. The highest BCUT2D eigenvalue weighted by Crippen LogP contribution is 2.22. The molecule has 0 amide bonds. The average molecular weight is 266 g/mol. The lowest BCUT2D eigenvalue weighted by atomic mass is 10.2. The summed E-state index contributed by atoms with van der Waals surface area (Å²) in [5.74, 6) is 1.56. The van der Waals surface area contributed by atoms with E-state index in [2.05, 4.69) is 17.2 Å². The molecule has 1 N–H and O–H groups in total. The van der Waals surface area contributed by atoms with E-state index in [1.165, 1.54) is 5.56 Å². The van der Waals surface area contributed by atoms with Crippen molar-refractivity contribution in [1.29, 1.82) is 0 Å². The molecule has 0 unspecified atom stereocenters. The summed E-state index contributed by atoms with van der Waals surface area (Å²) in [6, 6.07) is 16.7. The summed E-state index contributed by atoms with van der Waals surface area (Å²) >= 11 is 0. The van der Waals surface area contributed by atoms with E-state index in [0.717, 1.165) is 0 Å². The second kappa shape index (κ2) is 5.48. The molecule has 0 aliphatic rings. The van der Waals surface area contributed by atoms with Crippen molar-refractivity contribution in [1.82, 2.24) is 9.78 Å². The predicted molar refractivity (Wildman–Crippen MR) is 76.0 cm³/mol. The average Bonchev–Trinajstić information content (AvgIpc) is 2.90. The number of hydrogen-bond acceptors (Lipinski definition) is 3. The Labute approximate surface area is 116 Å². The summed E-state index contributed by atoms with van der Waals surface area (Å²) in [6.07, 6.45) is 3.52. The van der Waals surface area contributed by atoms with Crippen molar-refractivity contribution >= 4 is 0 Å². The molecule has 1 heterocycles. The zero-order chi connectivity index (χ0) is 13.8. The van der Waals surface area contributed by atoms with Gasteiger partial charge in [0.25, 0.3) is 0 Å². The summed E-state index contributed by atoms with van der Waals surface area (Å²) in [4.78, 5) is 0. The van der Waals surface area contributed by atoms with Gasteiger partial charge in [0.05, 0.1) is 18.9 Å². The maximum absolute atomic E-state index is 9.22. The van der Waals surface area contributed by atoms with Gasteiger partial charge in [-0.2, -0.15) is 5.10 Å². The van der Waals surface area contributed by atoms with Gasteiger partial charge in [-0.15, -0.1) is 0 Å². The molecule has 0 spiro atoms. The molecular weight excluding hydrogens is 252 g/mol. The topological polar surface area (TPSA) is 47.3 Å². The Morgan fingerprint density at radius 1 is 0.950 bits per heavy atom. The first-order valence-corrected chi connectivity index (χ1v) is 6.33. The Hall–Kier alpha value is -2.75. The van der Waals surface area contributed by atoms with Crippen molar-refractivity contribution in [2.75, 3.05) is 0 Å².